The van der Waals surface area contributed by atoms with Crippen LogP contribution in [0.2, 0.25) is 0 Å². The van der Waals surface area contributed by atoms with Gasteiger partial charge in [0.1, 0.15) is 0 Å². The highest BCUT2D eigenvalue weighted by atomic mass is 32.1. The summed E-state index contributed by atoms with van der Waals surface area (Å²) in [6.07, 6.45) is 0.339. The van der Waals surface area contributed by atoms with E-state index in [-0.39, 0.29) is 0 Å². The van der Waals surface area contributed by atoms with Gasteiger partial charge in [0, 0.05) is 4.88 Å². The van der Waals surface area contributed by atoms with Crippen LogP contribution < -0.4 is 0 Å². The van der Waals surface area contributed by atoms with Crippen molar-refractivity contribution in [2.45, 2.75) is 6.92 Å². The molecule has 10 heavy (non-hydrogen) atoms. The van der Waals surface area contributed by atoms with E-state index in [4.69, 9.17) is 0 Å². The third-order valence-electron chi connectivity index (χ3n) is 1.09. The van der Waals surface area contributed by atoms with Gasteiger partial charge in [0.2, 0.25) is 5.78 Å². The highest BCUT2D eigenvalue weighted by Gasteiger charge is 2.04. The molecule has 0 N–H and O–H groups in total. The fourth-order valence-electron chi connectivity index (χ4n) is 0.625. The molecule has 0 radical (unpaired) electrons. The Labute approximate surface area is 62.5 Å². The Bertz CT molecular complexity index is 262. The van der Waals surface area contributed by atoms with Gasteiger partial charge in [-0.25, -0.2) is 0 Å². The number of hydrogen-bond acceptors (Lipinski definition) is 3. The van der Waals surface area contributed by atoms with Crippen molar-refractivity contribution in [1.82, 2.24) is 0 Å². The molecule has 0 amide bonds. The molecule has 0 aliphatic heterocycles. The summed E-state index contributed by atoms with van der Waals surface area (Å²) in [5, 5.41) is 0. The van der Waals surface area contributed by atoms with Crippen LogP contribution in [0.3, 0.4) is 0 Å². The third-order valence-corrected chi connectivity index (χ3v) is 2.11. The zero-order valence-electron chi connectivity index (χ0n) is 5.46. The van der Waals surface area contributed by atoms with E-state index in [1.807, 2.05) is 13.0 Å². The van der Waals surface area contributed by atoms with Gasteiger partial charge < -0.3 is 0 Å². The average Bonchev–Trinajstić information content (AvgIpc) is 2.34. The zero-order valence-corrected chi connectivity index (χ0v) is 6.27. The topological polar surface area (TPSA) is 34.1 Å². The quantitative estimate of drug-likeness (QED) is 0.367. The molecule has 1 aromatic heterocycles. The molecule has 0 saturated carbocycles. The van der Waals surface area contributed by atoms with Crippen molar-refractivity contribution in [2.24, 2.45) is 0 Å². The molecule has 0 aromatic carbocycles. The summed E-state index contributed by atoms with van der Waals surface area (Å²) in [6, 6.07) is 3.48. The molecular weight excluding hydrogens is 148 g/mol. The first-order chi connectivity index (χ1) is 4.74. The first kappa shape index (κ1) is 7.15. The van der Waals surface area contributed by atoms with Crippen LogP contribution in [0, 0.1) is 6.92 Å². The van der Waals surface area contributed by atoms with Crippen LogP contribution in [-0.2, 0) is 4.79 Å². The number of aldehydes is 1. The number of aryl methyl sites for hydroxylation is 1. The number of hydrogen-bond donors (Lipinski definition) is 0. The summed E-state index contributed by atoms with van der Waals surface area (Å²) >= 11 is 1.34. The van der Waals surface area contributed by atoms with E-state index in [0.717, 1.165) is 4.88 Å². The third kappa shape index (κ3) is 1.30. The number of rotatable bonds is 2. The lowest BCUT2D eigenvalue weighted by atomic mass is 10.3. The van der Waals surface area contributed by atoms with E-state index in [1.165, 1.54) is 11.3 Å². The van der Waals surface area contributed by atoms with Crippen LogP contribution in [-0.4, -0.2) is 12.1 Å². The molecule has 52 valence electrons. The first-order valence-electron chi connectivity index (χ1n) is 2.80. The van der Waals surface area contributed by atoms with E-state index < -0.39 is 5.78 Å². The van der Waals surface area contributed by atoms with Gasteiger partial charge in [-0.15, -0.1) is 11.3 Å². The van der Waals surface area contributed by atoms with E-state index in [2.05, 4.69) is 0 Å². The van der Waals surface area contributed by atoms with Gasteiger partial charge in [-0.2, -0.15) is 0 Å². The Morgan fingerprint density at radius 3 is 2.70 bits per heavy atom. The molecular formula is C7H6O2S. The van der Waals surface area contributed by atoms with Crippen LogP contribution >= 0.6 is 11.3 Å². The van der Waals surface area contributed by atoms with Gasteiger partial charge in [-0.1, -0.05) is 0 Å². The second-order valence-corrected chi connectivity index (χ2v) is 3.18. The van der Waals surface area contributed by atoms with Gasteiger partial charge in [0.05, 0.1) is 4.88 Å². The zero-order chi connectivity index (χ0) is 7.56. The summed E-state index contributed by atoms with van der Waals surface area (Å²) in [4.78, 5) is 22.2. The predicted octanol–water partition coefficient (Wildman–Crippen LogP) is 1.44. The van der Waals surface area contributed by atoms with Gasteiger partial charge in [0.15, 0.2) is 6.29 Å². The summed E-state index contributed by atoms with van der Waals surface area (Å²) in [5.74, 6) is -0.432. The second kappa shape index (κ2) is 2.75. The van der Waals surface area contributed by atoms with Crippen LogP contribution in [0.5, 0.6) is 0 Å². The lowest BCUT2D eigenvalue weighted by molar-refractivity contribution is -0.104. The summed E-state index contributed by atoms with van der Waals surface area (Å²) in [7, 11) is 0. The highest BCUT2D eigenvalue weighted by Crippen LogP contribution is 2.14. The molecule has 0 atom stereocenters. The molecule has 0 bridgehead atoms. The van der Waals surface area contributed by atoms with Crippen molar-refractivity contribution in [3.05, 3.63) is 21.9 Å². The number of Topliss-reactive ketones (excluding diaryl/α,β-unsaturated/α-hetero) is 1. The fourth-order valence-corrected chi connectivity index (χ4v) is 1.39. The Hall–Kier alpha value is -0.960. The minimum Gasteiger partial charge on any atom is -0.294 e. The smallest absolute Gasteiger partial charge is 0.235 e. The van der Waals surface area contributed by atoms with Crippen LogP contribution in [0.1, 0.15) is 14.5 Å². The van der Waals surface area contributed by atoms with E-state index in [9.17, 15) is 9.59 Å². The molecule has 1 heterocycles. The monoisotopic (exact) mass is 154 g/mol. The summed E-state index contributed by atoms with van der Waals surface area (Å²) in [6.45, 7) is 1.90. The number of ketones is 1. The summed E-state index contributed by atoms with van der Waals surface area (Å²) < 4.78 is 0. The van der Waals surface area contributed by atoms with Gasteiger partial charge in [-0.05, 0) is 19.1 Å². The maximum absolute atomic E-state index is 10.7. The SMILES string of the molecule is Cc1ccc(C(=O)C=O)s1. The van der Waals surface area contributed by atoms with Crippen molar-refractivity contribution in [1.29, 1.82) is 0 Å². The molecule has 0 aliphatic rings. The fraction of sp³-hybridized carbons (Fsp3) is 0.143. The molecule has 1 aromatic rings. The van der Waals surface area contributed by atoms with Crippen molar-refractivity contribution >= 4 is 23.4 Å². The minimum atomic E-state index is -0.432. The Balaban J connectivity index is 2.95. The van der Waals surface area contributed by atoms with Crippen molar-refractivity contribution in [3.63, 3.8) is 0 Å². The lowest BCUT2D eigenvalue weighted by Gasteiger charge is -1.80. The highest BCUT2D eigenvalue weighted by molar-refractivity contribution is 7.14. The number of carbonyl (C=O) groups excluding carboxylic acids is 2. The molecule has 0 fully saturated rings. The Kier molecular flexibility index (Phi) is 1.97. The van der Waals surface area contributed by atoms with Crippen molar-refractivity contribution < 1.29 is 9.59 Å². The van der Waals surface area contributed by atoms with Gasteiger partial charge in [0.25, 0.3) is 0 Å². The summed E-state index contributed by atoms with van der Waals surface area (Å²) in [5.41, 5.74) is 0. The number of carbonyl (C=O) groups is 2. The molecule has 0 saturated heterocycles. The van der Waals surface area contributed by atoms with Crippen LogP contribution in [0.15, 0.2) is 12.1 Å². The maximum Gasteiger partial charge on any atom is 0.235 e. The Morgan fingerprint density at radius 2 is 2.30 bits per heavy atom. The Morgan fingerprint density at radius 1 is 1.60 bits per heavy atom. The van der Waals surface area contributed by atoms with Gasteiger partial charge in [-0.3, -0.25) is 9.59 Å². The predicted molar refractivity (Wildman–Crippen MR) is 39.5 cm³/mol. The van der Waals surface area contributed by atoms with Crippen LogP contribution in [0.25, 0.3) is 0 Å². The standard InChI is InChI=1S/C7H6O2S/c1-5-2-3-7(10-5)6(9)4-8/h2-4H,1H3. The molecule has 0 spiro atoms. The van der Waals surface area contributed by atoms with E-state index >= 15 is 0 Å². The lowest BCUT2D eigenvalue weighted by Crippen LogP contribution is -1.94. The minimum absolute atomic E-state index is 0.339. The van der Waals surface area contributed by atoms with Crippen molar-refractivity contribution in [2.75, 3.05) is 0 Å². The van der Waals surface area contributed by atoms with E-state index in [0.29, 0.717) is 11.2 Å². The number of thiophene rings is 1. The van der Waals surface area contributed by atoms with Crippen molar-refractivity contribution in [3.8, 4) is 0 Å². The van der Waals surface area contributed by atoms with Gasteiger partial charge >= 0.3 is 0 Å². The second-order valence-electron chi connectivity index (χ2n) is 1.89. The molecule has 0 aliphatic carbocycles. The first-order valence-corrected chi connectivity index (χ1v) is 3.61. The molecule has 3 heteroatoms. The largest absolute Gasteiger partial charge is 0.294 e. The molecule has 1 rings (SSSR count). The molecule has 0 unspecified atom stereocenters. The normalized spacial score (nSPS) is 9.30. The molecule has 2 nitrogen and oxygen atoms in total. The average molecular weight is 154 g/mol. The maximum atomic E-state index is 10.7. The van der Waals surface area contributed by atoms with E-state index in [1.54, 1.807) is 6.07 Å². The van der Waals surface area contributed by atoms with Crippen LogP contribution in [0.4, 0.5) is 0 Å².